The SMILES string of the molecule is Nc1cccc(CCN2CC3CC3C2=O)c1. The normalized spacial score (nSPS) is 27.0. The van der Waals surface area contributed by atoms with Crippen LogP contribution in [-0.2, 0) is 11.2 Å². The number of amides is 1. The van der Waals surface area contributed by atoms with E-state index in [0.717, 1.165) is 31.6 Å². The van der Waals surface area contributed by atoms with E-state index in [9.17, 15) is 4.79 Å². The van der Waals surface area contributed by atoms with E-state index in [2.05, 4.69) is 6.07 Å². The first-order valence-electron chi connectivity index (χ1n) is 5.87. The third kappa shape index (κ3) is 1.66. The quantitative estimate of drug-likeness (QED) is 0.774. The molecule has 0 radical (unpaired) electrons. The van der Waals surface area contributed by atoms with E-state index in [1.165, 1.54) is 5.56 Å². The van der Waals surface area contributed by atoms with Gasteiger partial charge in [0.25, 0.3) is 0 Å². The van der Waals surface area contributed by atoms with Crippen LogP contribution in [0.1, 0.15) is 12.0 Å². The summed E-state index contributed by atoms with van der Waals surface area (Å²) in [5.41, 5.74) is 7.73. The first kappa shape index (κ1) is 9.70. The largest absolute Gasteiger partial charge is 0.399 e. The lowest BCUT2D eigenvalue weighted by Crippen LogP contribution is -2.30. The Labute approximate surface area is 95.2 Å². The molecule has 3 rings (SSSR count). The number of likely N-dealkylation sites (tertiary alicyclic amines) is 1. The van der Waals surface area contributed by atoms with Gasteiger partial charge in [-0.25, -0.2) is 0 Å². The van der Waals surface area contributed by atoms with Gasteiger partial charge in [0.15, 0.2) is 0 Å². The number of carbonyl (C=O) groups is 1. The number of hydrogen-bond acceptors (Lipinski definition) is 2. The van der Waals surface area contributed by atoms with E-state index in [1.807, 2.05) is 23.1 Å². The van der Waals surface area contributed by atoms with Crippen LogP contribution in [-0.4, -0.2) is 23.9 Å². The van der Waals surface area contributed by atoms with E-state index in [1.54, 1.807) is 0 Å². The van der Waals surface area contributed by atoms with E-state index in [4.69, 9.17) is 5.73 Å². The Balaban J connectivity index is 1.59. The Bertz CT molecular complexity index is 430. The van der Waals surface area contributed by atoms with Gasteiger partial charge in [-0.05, 0) is 36.5 Å². The lowest BCUT2D eigenvalue weighted by Gasteiger charge is -2.17. The molecule has 2 atom stereocenters. The number of nitrogens with zero attached hydrogens (tertiary/aromatic N) is 1. The minimum Gasteiger partial charge on any atom is -0.399 e. The van der Waals surface area contributed by atoms with Crippen LogP contribution in [0, 0.1) is 11.8 Å². The number of carbonyl (C=O) groups excluding carboxylic acids is 1. The number of benzene rings is 1. The topological polar surface area (TPSA) is 46.3 Å². The van der Waals surface area contributed by atoms with Gasteiger partial charge in [0.05, 0.1) is 0 Å². The smallest absolute Gasteiger partial charge is 0.226 e. The molecule has 16 heavy (non-hydrogen) atoms. The molecule has 1 aromatic rings. The van der Waals surface area contributed by atoms with Crippen LogP contribution in [0.3, 0.4) is 0 Å². The zero-order valence-corrected chi connectivity index (χ0v) is 9.23. The fourth-order valence-electron chi connectivity index (χ4n) is 2.57. The van der Waals surface area contributed by atoms with Crippen LogP contribution < -0.4 is 5.73 Å². The molecule has 2 N–H and O–H groups in total. The molecular formula is C13H16N2O. The molecule has 3 nitrogen and oxygen atoms in total. The van der Waals surface area contributed by atoms with Crippen molar-refractivity contribution in [2.75, 3.05) is 18.8 Å². The number of nitrogen functional groups attached to an aromatic ring is 1. The van der Waals surface area contributed by atoms with E-state index < -0.39 is 0 Å². The van der Waals surface area contributed by atoms with Crippen LogP contribution in [0.15, 0.2) is 24.3 Å². The van der Waals surface area contributed by atoms with Gasteiger partial charge < -0.3 is 10.6 Å². The zero-order valence-electron chi connectivity index (χ0n) is 9.23. The standard InChI is InChI=1S/C13H16N2O/c14-11-3-1-2-9(6-11)4-5-15-8-10-7-12(10)13(15)16/h1-3,6,10,12H,4-5,7-8,14H2. The highest BCUT2D eigenvalue weighted by atomic mass is 16.2. The van der Waals surface area contributed by atoms with Gasteiger partial charge in [-0.15, -0.1) is 0 Å². The number of piperidine rings is 1. The third-order valence-corrected chi connectivity index (χ3v) is 3.63. The lowest BCUT2D eigenvalue weighted by atomic mass is 10.1. The molecule has 2 unspecified atom stereocenters. The molecule has 0 aromatic heterocycles. The van der Waals surface area contributed by atoms with Crippen LogP contribution >= 0.6 is 0 Å². The first-order valence-corrected chi connectivity index (χ1v) is 5.87. The molecule has 1 amide bonds. The van der Waals surface area contributed by atoms with Crippen molar-refractivity contribution in [2.45, 2.75) is 12.8 Å². The van der Waals surface area contributed by atoms with Crippen LogP contribution in [0.25, 0.3) is 0 Å². The van der Waals surface area contributed by atoms with Crippen LogP contribution in [0.4, 0.5) is 5.69 Å². The van der Waals surface area contributed by atoms with Gasteiger partial charge >= 0.3 is 0 Å². The van der Waals surface area contributed by atoms with Crippen LogP contribution in [0.2, 0.25) is 0 Å². The summed E-state index contributed by atoms with van der Waals surface area (Å²) >= 11 is 0. The number of rotatable bonds is 3. The summed E-state index contributed by atoms with van der Waals surface area (Å²) in [6.07, 6.45) is 2.05. The highest BCUT2D eigenvalue weighted by Crippen LogP contribution is 2.45. The second-order valence-corrected chi connectivity index (χ2v) is 4.88. The van der Waals surface area contributed by atoms with E-state index in [0.29, 0.717) is 17.7 Å². The number of anilines is 1. The number of fused-ring (bicyclic) bond motifs is 1. The van der Waals surface area contributed by atoms with E-state index >= 15 is 0 Å². The first-order chi connectivity index (χ1) is 7.74. The molecule has 2 fully saturated rings. The lowest BCUT2D eigenvalue weighted by molar-refractivity contribution is -0.129. The van der Waals surface area contributed by atoms with Crippen molar-refractivity contribution in [3.05, 3.63) is 29.8 Å². The second kappa shape index (κ2) is 3.51. The van der Waals surface area contributed by atoms with Gasteiger partial charge in [0, 0.05) is 24.7 Å². The number of hydrogen-bond donors (Lipinski definition) is 1. The molecule has 1 saturated carbocycles. The van der Waals surface area contributed by atoms with Gasteiger partial charge in [-0.3, -0.25) is 4.79 Å². The Morgan fingerprint density at radius 1 is 1.44 bits per heavy atom. The molecule has 3 heteroatoms. The summed E-state index contributed by atoms with van der Waals surface area (Å²) < 4.78 is 0. The van der Waals surface area contributed by atoms with Crippen molar-refractivity contribution in [1.29, 1.82) is 0 Å². The van der Waals surface area contributed by atoms with Crippen molar-refractivity contribution in [2.24, 2.45) is 11.8 Å². The van der Waals surface area contributed by atoms with Crippen molar-refractivity contribution in [1.82, 2.24) is 4.90 Å². The summed E-state index contributed by atoms with van der Waals surface area (Å²) in [6, 6.07) is 7.91. The summed E-state index contributed by atoms with van der Waals surface area (Å²) in [7, 11) is 0. The van der Waals surface area contributed by atoms with Gasteiger partial charge in [-0.2, -0.15) is 0 Å². The van der Waals surface area contributed by atoms with Crippen LogP contribution in [0.5, 0.6) is 0 Å². The Morgan fingerprint density at radius 2 is 2.31 bits per heavy atom. The van der Waals surface area contributed by atoms with Gasteiger partial charge in [0.1, 0.15) is 0 Å². The molecule has 84 valence electrons. The highest BCUT2D eigenvalue weighted by molar-refractivity contribution is 5.84. The maximum Gasteiger partial charge on any atom is 0.226 e. The maximum atomic E-state index is 11.7. The van der Waals surface area contributed by atoms with Crippen molar-refractivity contribution in [3.8, 4) is 0 Å². The molecule has 1 aliphatic carbocycles. The maximum absolute atomic E-state index is 11.7. The minimum atomic E-state index is 0.369. The molecule has 1 heterocycles. The molecule has 0 spiro atoms. The summed E-state index contributed by atoms with van der Waals surface area (Å²) in [4.78, 5) is 13.7. The fraction of sp³-hybridized carbons (Fsp3) is 0.462. The van der Waals surface area contributed by atoms with Gasteiger partial charge in [0.2, 0.25) is 5.91 Å². The molecule has 2 aliphatic rings. The van der Waals surface area contributed by atoms with Gasteiger partial charge in [-0.1, -0.05) is 12.1 Å². The average Bonchev–Trinajstić information content (AvgIpc) is 2.96. The predicted molar refractivity (Wildman–Crippen MR) is 62.7 cm³/mol. The minimum absolute atomic E-state index is 0.369. The Hall–Kier alpha value is -1.51. The zero-order chi connectivity index (χ0) is 11.1. The fourth-order valence-corrected chi connectivity index (χ4v) is 2.57. The molecule has 0 bridgehead atoms. The molecule has 1 saturated heterocycles. The second-order valence-electron chi connectivity index (χ2n) is 4.88. The summed E-state index contributed by atoms with van der Waals surface area (Å²) in [5, 5.41) is 0. The third-order valence-electron chi connectivity index (χ3n) is 3.63. The molecule has 1 aromatic carbocycles. The molecular weight excluding hydrogens is 200 g/mol. The predicted octanol–water partition coefficient (Wildman–Crippen LogP) is 1.29. The van der Waals surface area contributed by atoms with E-state index in [-0.39, 0.29) is 0 Å². The van der Waals surface area contributed by atoms with Crippen molar-refractivity contribution < 1.29 is 4.79 Å². The van der Waals surface area contributed by atoms with Crippen molar-refractivity contribution in [3.63, 3.8) is 0 Å². The monoisotopic (exact) mass is 216 g/mol. The summed E-state index contributed by atoms with van der Waals surface area (Å²) in [6.45, 7) is 1.82. The Morgan fingerprint density at radius 3 is 3.00 bits per heavy atom. The van der Waals surface area contributed by atoms with Crippen molar-refractivity contribution >= 4 is 11.6 Å². The molecule has 1 aliphatic heterocycles. The Kier molecular flexibility index (Phi) is 2.13. The highest BCUT2D eigenvalue weighted by Gasteiger charge is 2.51. The average molecular weight is 216 g/mol. The summed E-state index contributed by atoms with van der Waals surface area (Å²) in [5.74, 6) is 1.42. The number of nitrogens with two attached hydrogens (primary N) is 1.